The second kappa shape index (κ2) is 11.4. The molecule has 2 saturated carbocycles. The normalized spacial score (nSPS) is 32.8. The molecule has 3 aliphatic rings. The van der Waals surface area contributed by atoms with Gasteiger partial charge in [-0.15, -0.1) is 0 Å². The fourth-order valence-corrected chi connectivity index (χ4v) is 8.65. The number of fused-ring (bicyclic) bond motifs is 4. The Morgan fingerprint density at radius 2 is 1.93 bits per heavy atom. The van der Waals surface area contributed by atoms with Crippen LogP contribution in [0.5, 0.6) is 5.75 Å². The van der Waals surface area contributed by atoms with E-state index in [4.69, 9.17) is 18.6 Å². The molecule has 46 heavy (non-hydrogen) atoms. The van der Waals surface area contributed by atoms with Crippen molar-refractivity contribution in [2.75, 3.05) is 6.61 Å². The first kappa shape index (κ1) is 31.5. The van der Waals surface area contributed by atoms with Gasteiger partial charge >= 0.3 is 17.6 Å². The third kappa shape index (κ3) is 4.89. The Balaban J connectivity index is 1.51. The van der Waals surface area contributed by atoms with E-state index in [-0.39, 0.29) is 46.6 Å². The number of aliphatic hydroxyl groups is 1. The minimum Gasteiger partial charge on any atom is -0.482 e. The fraction of sp³-hybridized carbons (Fsp3) is 0.472. The Labute approximate surface area is 267 Å². The molecule has 3 unspecified atom stereocenters. The average molecular weight is 627 g/mol. The van der Waals surface area contributed by atoms with Gasteiger partial charge in [-0.25, -0.2) is 9.59 Å². The van der Waals surface area contributed by atoms with E-state index in [1.807, 2.05) is 6.92 Å². The molecule has 0 bridgehead atoms. The zero-order chi connectivity index (χ0) is 33.0. The molecule has 0 saturated heterocycles. The first-order chi connectivity index (χ1) is 21.8. The minimum atomic E-state index is -1.32. The van der Waals surface area contributed by atoms with Gasteiger partial charge in [0.15, 0.2) is 0 Å². The number of nitrogens with zero attached hydrogens (tertiary/aromatic N) is 2. The standard InChI is InChI=1S/C36H38N2O8/c1-20-12-13-34(3)27(35(20,4)19-43-21(2)39)16-28(45-32(41)24-11-7-6-9-22(24)17-37)36(5)31(34)30(40)29-26(46-36)15-25(44-33(29)42)23-10-8-14-38-18-23/h6-11,14-15,18,20,27-28,30-31,40H,12-13,16,19H2,1-5H3/t20-,27?,28-,30?,31?,34-,35-,36+/m0/s1. The maximum absolute atomic E-state index is 13.8. The fourth-order valence-electron chi connectivity index (χ4n) is 8.65. The van der Waals surface area contributed by atoms with E-state index in [2.05, 4.69) is 31.8 Å². The van der Waals surface area contributed by atoms with Crippen molar-refractivity contribution in [3.63, 3.8) is 0 Å². The van der Waals surface area contributed by atoms with Gasteiger partial charge in [-0.3, -0.25) is 9.78 Å². The molecule has 2 fully saturated rings. The predicted octanol–water partition coefficient (Wildman–Crippen LogP) is 5.63. The van der Waals surface area contributed by atoms with Crippen LogP contribution in [0.2, 0.25) is 0 Å². The molecule has 3 aromatic rings. The summed E-state index contributed by atoms with van der Waals surface area (Å²) in [5.74, 6) is -1.51. The lowest BCUT2D eigenvalue weighted by Crippen LogP contribution is -2.70. The minimum absolute atomic E-state index is 0.0113. The summed E-state index contributed by atoms with van der Waals surface area (Å²) in [6.07, 6.45) is 2.76. The predicted molar refractivity (Wildman–Crippen MR) is 165 cm³/mol. The van der Waals surface area contributed by atoms with Crippen LogP contribution in [0.4, 0.5) is 0 Å². The second-order valence-corrected chi connectivity index (χ2v) is 13.7. The van der Waals surface area contributed by atoms with E-state index in [1.165, 1.54) is 6.92 Å². The Morgan fingerprint density at radius 1 is 1.17 bits per heavy atom. The molecule has 0 amide bonds. The van der Waals surface area contributed by atoms with Gasteiger partial charge in [0.25, 0.3) is 0 Å². The lowest BCUT2D eigenvalue weighted by atomic mass is 9.41. The summed E-state index contributed by atoms with van der Waals surface area (Å²) in [7, 11) is 0. The average Bonchev–Trinajstić information content (AvgIpc) is 3.03. The SMILES string of the molecule is CC(=O)OC[C@]1(C)C2C[C@H](OC(=O)c3ccccc3C#N)[C@@]3(C)Oc4cc(-c5cccnc5)oc(=O)c4C(O)C3[C@@]2(C)CC[C@@H]1C. The molecule has 3 heterocycles. The molecule has 6 rings (SSSR count). The van der Waals surface area contributed by atoms with Crippen LogP contribution >= 0.6 is 0 Å². The zero-order valence-electron chi connectivity index (χ0n) is 26.6. The van der Waals surface area contributed by atoms with Crippen LogP contribution in [0.15, 0.2) is 64.1 Å². The van der Waals surface area contributed by atoms with E-state index in [0.29, 0.717) is 18.4 Å². The van der Waals surface area contributed by atoms with Crippen molar-refractivity contribution in [3.8, 4) is 23.1 Å². The van der Waals surface area contributed by atoms with Crippen LogP contribution in [0.3, 0.4) is 0 Å². The summed E-state index contributed by atoms with van der Waals surface area (Å²) in [4.78, 5) is 43.5. The Bertz CT molecular complexity index is 1780. The number of carbonyl (C=O) groups excluding carboxylic acids is 2. The van der Waals surface area contributed by atoms with Crippen LogP contribution in [-0.2, 0) is 14.3 Å². The smallest absolute Gasteiger partial charge is 0.345 e. The van der Waals surface area contributed by atoms with Crippen molar-refractivity contribution in [3.05, 3.63) is 82.0 Å². The quantitative estimate of drug-likeness (QED) is 0.353. The van der Waals surface area contributed by atoms with Crippen LogP contribution in [0, 0.1) is 39.9 Å². The van der Waals surface area contributed by atoms with Crippen LogP contribution in [0.1, 0.15) is 81.5 Å². The summed E-state index contributed by atoms with van der Waals surface area (Å²) in [6.45, 7) is 9.63. The van der Waals surface area contributed by atoms with Gasteiger partial charge in [-0.05, 0) is 67.7 Å². The maximum Gasteiger partial charge on any atom is 0.345 e. The molecule has 1 aromatic carbocycles. The molecule has 0 spiro atoms. The van der Waals surface area contributed by atoms with Crippen molar-refractivity contribution in [2.45, 2.75) is 71.7 Å². The number of hydrogen-bond acceptors (Lipinski definition) is 10. The number of esters is 2. The summed E-state index contributed by atoms with van der Waals surface area (Å²) < 4.78 is 24.4. The van der Waals surface area contributed by atoms with Crippen molar-refractivity contribution in [1.29, 1.82) is 5.26 Å². The van der Waals surface area contributed by atoms with Gasteiger partial charge in [-0.2, -0.15) is 5.26 Å². The number of ether oxygens (including phenoxy) is 3. The Hall–Kier alpha value is -4.49. The van der Waals surface area contributed by atoms with Gasteiger partial charge in [-0.1, -0.05) is 32.9 Å². The molecule has 0 radical (unpaired) electrons. The van der Waals surface area contributed by atoms with Crippen LogP contribution in [0.25, 0.3) is 11.3 Å². The van der Waals surface area contributed by atoms with Gasteiger partial charge < -0.3 is 23.7 Å². The van der Waals surface area contributed by atoms with E-state index < -0.39 is 52.1 Å². The van der Waals surface area contributed by atoms with Crippen molar-refractivity contribution in [1.82, 2.24) is 4.98 Å². The summed E-state index contributed by atoms with van der Waals surface area (Å²) in [6, 6.07) is 13.5. The number of nitriles is 1. The molecule has 10 nitrogen and oxygen atoms in total. The third-order valence-electron chi connectivity index (χ3n) is 11.2. The Kier molecular flexibility index (Phi) is 7.80. The molecule has 1 aliphatic heterocycles. The van der Waals surface area contributed by atoms with Crippen molar-refractivity contribution < 1.29 is 33.3 Å². The van der Waals surface area contributed by atoms with Gasteiger partial charge in [0.1, 0.15) is 34.8 Å². The molecule has 240 valence electrons. The van der Waals surface area contributed by atoms with E-state index in [9.17, 15) is 24.8 Å². The first-order valence-electron chi connectivity index (χ1n) is 15.6. The van der Waals surface area contributed by atoms with Gasteiger partial charge in [0.2, 0.25) is 0 Å². The summed E-state index contributed by atoms with van der Waals surface area (Å²) in [5, 5.41) is 21.9. The highest BCUT2D eigenvalue weighted by molar-refractivity contribution is 5.92. The molecule has 2 aliphatic carbocycles. The number of hydrogen-bond donors (Lipinski definition) is 1. The summed E-state index contributed by atoms with van der Waals surface area (Å²) in [5.41, 5.74) is -2.33. The number of aliphatic hydroxyl groups excluding tert-OH is 1. The number of benzene rings is 1. The second-order valence-electron chi connectivity index (χ2n) is 13.7. The Morgan fingerprint density at radius 3 is 2.63 bits per heavy atom. The lowest BCUT2D eigenvalue weighted by molar-refractivity contribution is -0.257. The molecular weight excluding hydrogens is 588 g/mol. The molecule has 10 heteroatoms. The van der Waals surface area contributed by atoms with Gasteiger partial charge in [0.05, 0.1) is 23.8 Å². The monoisotopic (exact) mass is 626 g/mol. The van der Waals surface area contributed by atoms with E-state index in [1.54, 1.807) is 54.9 Å². The van der Waals surface area contributed by atoms with Gasteiger partial charge in [0, 0.05) is 42.3 Å². The highest BCUT2D eigenvalue weighted by atomic mass is 16.6. The number of pyridine rings is 1. The molecule has 1 N–H and O–H groups in total. The maximum atomic E-state index is 13.8. The number of carbonyl (C=O) groups is 2. The zero-order valence-corrected chi connectivity index (χ0v) is 26.6. The van der Waals surface area contributed by atoms with E-state index in [0.717, 1.165) is 6.42 Å². The van der Waals surface area contributed by atoms with Crippen molar-refractivity contribution in [2.24, 2.45) is 28.6 Å². The number of rotatable bonds is 5. The largest absolute Gasteiger partial charge is 0.482 e. The van der Waals surface area contributed by atoms with Crippen LogP contribution < -0.4 is 10.4 Å². The topological polar surface area (TPSA) is 149 Å². The molecule has 2 aromatic heterocycles. The summed E-state index contributed by atoms with van der Waals surface area (Å²) >= 11 is 0. The van der Waals surface area contributed by atoms with Crippen LogP contribution in [-0.4, -0.2) is 40.3 Å². The highest BCUT2D eigenvalue weighted by Gasteiger charge is 2.70. The first-order valence-corrected chi connectivity index (χ1v) is 15.6. The molecular formula is C36H38N2O8. The third-order valence-corrected chi connectivity index (χ3v) is 11.2. The molecule has 8 atom stereocenters. The highest BCUT2D eigenvalue weighted by Crippen LogP contribution is 2.68. The number of aromatic nitrogens is 1. The lowest BCUT2D eigenvalue weighted by Gasteiger charge is -2.66. The van der Waals surface area contributed by atoms with E-state index >= 15 is 0 Å². The van der Waals surface area contributed by atoms with Crippen molar-refractivity contribution >= 4 is 11.9 Å².